The summed E-state index contributed by atoms with van der Waals surface area (Å²) in [4.78, 5) is 17.7. The molecule has 0 N–H and O–H groups in total. The van der Waals surface area contributed by atoms with E-state index >= 15 is 0 Å². The minimum Gasteiger partial charge on any atom is -0.380 e. The summed E-state index contributed by atoms with van der Waals surface area (Å²) in [5.41, 5.74) is 0.747. The Morgan fingerprint density at radius 2 is 2.35 bits per heavy atom. The van der Waals surface area contributed by atoms with Crippen molar-refractivity contribution >= 4 is 11.5 Å². The standard InChI is InChI=1S/C13H17N3O4/c1-3-19-8-7-15-10(2)14-20-13(15)11-5-4-6-12(9-11)16(17)18/h4-6,9,13H,3,7-8H2,1-2H3. The van der Waals surface area contributed by atoms with Crippen molar-refractivity contribution in [3.63, 3.8) is 0 Å². The van der Waals surface area contributed by atoms with Crippen molar-refractivity contribution in [2.24, 2.45) is 5.16 Å². The molecule has 2 rings (SSSR count). The number of benzene rings is 1. The van der Waals surface area contributed by atoms with Crippen LogP contribution in [0.15, 0.2) is 29.4 Å². The smallest absolute Gasteiger partial charge is 0.269 e. The van der Waals surface area contributed by atoms with Gasteiger partial charge in [0.15, 0.2) is 0 Å². The highest BCUT2D eigenvalue weighted by atomic mass is 16.7. The monoisotopic (exact) mass is 279 g/mol. The van der Waals surface area contributed by atoms with Crippen LogP contribution in [-0.2, 0) is 9.57 Å². The Hall–Kier alpha value is -2.15. The van der Waals surface area contributed by atoms with Gasteiger partial charge in [-0.1, -0.05) is 17.3 Å². The van der Waals surface area contributed by atoms with Crippen molar-refractivity contribution < 1.29 is 14.5 Å². The number of hydrogen-bond acceptors (Lipinski definition) is 6. The van der Waals surface area contributed by atoms with Crippen molar-refractivity contribution in [3.05, 3.63) is 39.9 Å². The van der Waals surface area contributed by atoms with Crippen molar-refractivity contribution in [2.75, 3.05) is 19.8 Å². The number of oxime groups is 1. The Kier molecular flexibility index (Phi) is 4.52. The van der Waals surface area contributed by atoms with Crippen LogP contribution in [0.5, 0.6) is 0 Å². The highest BCUT2D eigenvalue weighted by Crippen LogP contribution is 2.29. The number of nitro benzene ring substituents is 1. The van der Waals surface area contributed by atoms with E-state index in [0.717, 1.165) is 5.84 Å². The molecule has 7 heteroatoms. The summed E-state index contributed by atoms with van der Waals surface area (Å²) in [5.74, 6) is 0.737. The molecule has 108 valence electrons. The third-order valence-electron chi connectivity index (χ3n) is 3.03. The van der Waals surface area contributed by atoms with E-state index in [1.165, 1.54) is 12.1 Å². The largest absolute Gasteiger partial charge is 0.380 e. The first kappa shape index (κ1) is 14.3. The first-order chi connectivity index (χ1) is 9.63. The maximum Gasteiger partial charge on any atom is 0.269 e. The molecule has 1 aliphatic rings. The molecule has 0 saturated heterocycles. The average Bonchev–Trinajstić information content (AvgIpc) is 2.81. The first-order valence-electron chi connectivity index (χ1n) is 6.42. The number of amidine groups is 1. The van der Waals surface area contributed by atoms with E-state index in [2.05, 4.69) is 5.16 Å². The second-order valence-corrected chi connectivity index (χ2v) is 4.34. The Labute approximate surface area is 116 Å². The fourth-order valence-corrected chi connectivity index (χ4v) is 2.02. The number of ether oxygens (including phenoxy) is 1. The minimum absolute atomic E-state index is 0.0420. The van der Waals surface area contributed by atoms with Crippen LogP contribution in [-0.4, -0.2) is 35.4 Å². The lowest BCUT2D eigenvalue weighted by Crippen LogP contribution is -2.32. The van der Waals surface area contributed by atoms with E-state index in [9.17, 15) is 10.1 Å². The SMILES string of the molecule is CCOCCN1C(C)=NOC1c1cccc([N+](=O)[O-])c1. The third-order valence-corrected chi connectivity index (χ3v) is 3.03. The van der Waals surface area contributed by atoms with Crippen LogP contribution >= 0.6 is 0 Å². The predicted molar refractivity (Wildman–Crippen MR) is 73.2 cm³/mol. The van der Waals surface area contributed by atoms with Crippen LogP contribution in [0.1, 0.15) is 25.6 Å². The lowest BCUT2D eigenvalue weighted by molar-refractivity contribution is -0.385. The Balaban J connectivity index is 2.14. The van der Waals surface area contributed by atoms with E-state index in [-0.39, 0.29) is 5.69 Å². The number of hydrogen-bond donors (Lipinski definition) is 0. The Bertz CT molecular complexity index is 518. The van der Waals surface area contributed by atoms with Gasteiger partial charge in [-0.3, -0.25) is 10.1 Å². The zero-order valence-electron chi connectivity index (χ0n) is 11.5. The highest BCUT2D eigenvalue weighted by molar-refractivity contribution is 5.80. The highest BCUT2D eigenvalue weighted by Gasteiger charge is 2.29. The van der Waals surface area contributed by atoms with Gasteiger partial charge in [-0.25, -0.2) is 0 Å². The molecule has 0 aliphatic carbocycles. The summed E-state index contributed by atoms with van der Waals surface area (Å²) in [6.45, 7) is 5.59. The van der Waals surface area contributed by atoms with Crippen LogP contribution in [0.25, 0.3) is 0 Å². The second kappa shape index (κ2) is 6.33. The molecule has 0 fully saturated rings. The van der Waals surface area contributed by atoms with Gasteiger partial charge in [0.05, 0.1) is 11.5 Å². The molecule has 20 heavy (non-hydrogen) atoms. The number of nitrogens with zero attached hydrogens (tertiary/aromatic N) is 3. The van der Waals surface area contributed by atoms with E-state index in [1.807, 2.05) is 18.7 Å². The van der Waals surface area contributed by atoms with Crippen molar-refractivity contribution in [2.45, 2.75) is 20.1 Å². The zero-order chi connectivity index (χ0) is 14.5. The predicted octanol–water partition coefficient (Wildman–Crippen LogP) is 2.30. The van der Waals surface area contributed by atoms with Gasteiger partial charge in [0, 0.05) is 30.8 Å². The normalized spacial score (nSPS) is 17.8. The summed E-state index contributed by atoms with van der Waals surface area (Å²) in [7, 11) is 0. The summed E-state index contributed by atoms with van der Waals surface area (Å²) in [6, 6.07) is 6.40. The van der Waals surface area contributed by atoms with Gasteiger partial charge >= 0.3 is 0 Å². The molecule has 0 aromatic heterocycles. The molecular weight excluding hydrogens is 262 g/mol. The number of rotatable bonds is 6. The van der Waals surface area contributed by atoms with E-state index in [1.54, 1.807) is 12.1 Å². The fraction of sp³-hybridized carbons (Fsp3) is 0.462. The third kappa shape index (κ3) is 3.05. The van der Waals surface area contributed by atoms with Gasteiger partial charge in [-0.15, -0.1) is 0 Å². The van der Waals surface area contributed by atoms with Gasteiger partial charge < -0.3 is 14.5 Å². The molecule has 0 saturated carbocycles. The van der Waals surface area contributed by atoms with Crippen LogP contribution in [0, 0.1) is 10.1 Å². The minimum atomic E-state index is -0.435. The van der Waals surface area contributed by atoms with Crippen LogP contribution in [0.4, 0.5) is 5.69 Å². The lowest BCUT2D eigenvalue weighted by atomic mass is 10.1. The lowest BCUT2D eigenvalue weighted by Gasteiger charge is -2.24. The van der Waals surface area contributed by atoms with Crippen molar-refractivity contribution in [1.82, 2.24) is 4.90 Å². The quantitative estimate of drug-likeness (QED) is 0.453. The molecule has 1 aliphatic heterocycles. The summed E-state index contributed by atoms with van der Waals surface area (Å²) in [6.07, 6.45) is -0.435. The van der Waals surface area contributed by atoms with Gasteiger partial charge in [-0.2, -0.15) is 0 Å². The molecule has 0 bridgehead atoms. The Morgan fingerprint density at radius 3 is 3.05 bits per heavy atom. The van der Waals surface area contributed by atoms with Crippen LogP contribution < -0.4 is 0 Å². The summed E-state index contributed by atoms with van der Waals surface area (Å²) >= 11 is 0. The van der Waals surface area contributed by atoms with Crippen LogP contribution in [0.2, 0.25) is 0 Å². The molecule has 0 spiro atoms. The topological polar surface area (TPSA) is 77.2 Å². The molecule has 1 heterocycles. The summed E-state index contributed by atoms with van der Waals surface area (Å²) < 4.78 is 5.33. The number of non-ortho nitro benzene ring substituents is 1. The molecular formula is C13H17N3O4. The first-order valence-corrected chi connectivity index (χ1v) is 6.42. The molecule has 1 aromatic carbocycles. The second-order valence-electron chi connectivity index (χ2n) is 4.34. The van der Waals surface area contributed by atoms with Gasteiger partial charge in [0.1, 0.15) is 5.84 Å². The van der Waals surface area contributed by atoms with Crippen LogP contribution in [0.3, 0.4) is 0 Å². The average molecular weight is 279 g/mol. The summed E-state index contributed by atoms with van der Waals surface area (Å²) in [5, 5.41) is 14.8. The number of nitro groups is 1. The molecule has 1 unspecified atom stereocenters. The molecule has 1 aromatic rings. The molecule has 0 radical (unpaired) electrons. The van der Waals surface area contributed by atoms with Gasteiger partial charge in [-0.05, 0) is 13.8 Å². The van der Waals surface area contributed by atoms with Crippen molar-refractivity contribution in [1.29, 1.82) is 0 Å². The Morgan fingerprint density at radius 1 is 1.55 bits per heavy atom. The van der Waals surface area contributed by atoms with Gasteiger partial charge in [0.2, 0.25) is 6.23 Å². The maximum absolute atomic E-state index is 10.8. The molecule has 1 atom stereocenters. The van der Waals surface area contributed by atoms with Crippen molar-refractivity contribution in [3.8, 4) is 0 Å². The van der Waals surface area contributed by atoms with E-state index in [4.69, 9.17) is 9.57 Å². The fourth-order valence-electron chi connectivity index (χ4n) is 2.02. The van der Waals surface area contributed by atoms with E-state index < -0.39 is 11.2 Å². The zero-order valence-corrected chi connectivity index (χ0v) is 11.5. The maximum atomic E-state index is 10.8. The molecule has 7 nitrogen and oxygen atoms in total. The molecule has 0 amide bonds. The van der Waals surface area contributed by atoms with Gasteiger partial charge in [0.25, 0.3) is 5.69 Å². The van der Waals surface area contributed by atoms with E-state index in [0.29, 0.717) is 25.3 Å².